The largest absolute Gasteiger partial charge is 0.360 e. The first-order valence-corrected chi connectivity index (χ1v) is 16.1. The highest BCUT2D eigenvalue weighted by molar-refractivity contribution is 7.10. The van der Waals surface area contributed by atoms with E-state index in [2.05, 4.69) is 83.1 Å². The fourth-order valence-electron chi connectivity index (χ4n) is 7.95. The van der Waals surface area contributed by atoms with Gasteiger partial charge in [-0.2, -0.15) is 0 Å². The predicted molar refractivity (Wildman–Crippen MR) is 165 cm³/mol. The van der Waals surface area contributed by atoms with Crippen molar-refractivity contribution in [3.8, 4) is 0 Å². The Morgan fingerprint density at radius 3 is 2.67 bits per heavy atom. The standard InChI is InChI=1S/C36H38N2S/c1-2-9-24(10-3-1)25-17-20-27(21-18-25)38-32-14-6-4-12-29(32)36-31(13-8-15-33(36)38)37-26-19-22-35-30(23-26)28-11-5-7-16-34(28)39-35/h1-2,4,6,8,11-13,16-17,20,23-24,32-33,37H,3,5,7,9-10,14-15,18-19,21-22H2. The first-order valence-electron chi connectivity index (χ1n) is 15.2. The highest BCUT2D eigenvalue weighted by atomic mass is 32.1. The number of rotatable bonds is 4. The molecule has 1 aromatic rings. The van der Waals surface area contributed by atoms with Crippen molar-refractivity contribution in [2.75, 3.05) is 0 Å². The molecule has 1 N–H and O–H groups in total. The third kappa shape index (κ3) is 4.12. The van der Waals surface area contributed by atoms with Crippen LogP contribution in [0.5, 0.6) is 0 Å². The van der Waals surface area contributed by atoms with Crippen LogP contribution in [0.3, 0.4) is 0 Å². The maximum absolute atomic E-state index is 3.98. The molecule has 0 amide bonds. The summed E-state index contributed by atoms with van der Waals surface area (Å²) in [6.45, 7) is 0. The summed E-state index contributed by atoms with van der Waals surface area (Å²) in [5.41, 5.74) is 10.5. The van der Waals surface area contributed by atoms with Gasteiger partial charge in [-0.25, -0.2) is 0 Å². The summed E-state index contributed by atoms with van der Waals surface area (Å²) < 4.78 is 1.50. The zero-order chi connectivity index (χ0) is 25.8. The molecule has 2 heterocycles. The van der Waals surface area contributed by atoms with Crippen molar-refractivity contribution in [3.63, 3.8) is 0 Å². The molecule has 0 saturated carbocycles. The lowest BCUT2D eigenvalue weighted by molar-refractivity contribution is 0.260. The van der Waals surface area contributed by atoms with Gasteiger partial charge in [0.25, 0.3) is 0 Å². The maximum atomic E-state index is 3.98. The molecule has 1 aromatic heterocycles. The second-order valence-corrected chi connectivity index (χ2v) is 13.2. The molecule has 6 aliphatic carbocycles. The molecule has 1 saturated heterocycles. The summed E-state index contributed by atoms with van der Waals surface area (Å²) in [7, 11) is 0. The number of nitrogens with one attached hydrogen (secondary N) is 1. The number of aryl methyl sites for hydroxylation is 1. The zero-order valence-electron chi connectivity index (χ0n) is 22.8. The van der Waals surface area contributed by atoms with Crippen molar-refractivity contribution in [1.29, 1.82) is 0 Å². The Morgan fingerprint density at radius 2 is 1.77 bits per heavy atom. The van der Waals surface area contributed by atoms with E-state index in [-0.39, 0.29) is 0 Å². The topological polar surface area (TPSA) is 15.3 Å². The van der Waals surface area contributed by atoms with Crippen molar-refractivity contribution in [3.05, 3.63) is 109 Å². The Balaban J connectivity index is 1.13. The minimum atomic E-state index is 0.434. The van der Waals surface area contributed by atoms with Gasteiger partial charge in [-0.3, -0.25) is 0 Å². The van der Waals surface area contributed by atoms with Crippen LogP contribution in [0.1, 0.15) is 74.6 Å². The number of thiophene rings is 1. The number of allylic oxidation sites excluding steroid dienone is 10. The van der Waals surface area contributed by atoms with Gasteiger partial charge in [0.15, 0.2) is 0 Å². The second kappa shape index (κ2) is 9.86. The van der Waals surface area contributed by atoms with Crippen molar-refractivity contribution in [2.45, 2.75) is 82.7 Å². The molecule has 3 heteroatoms. The van der Waals surface area contributed by atoms with Crippen LogP contribution in [0.2, 0.25) is 0 Å². The lowest BCUT2D eigenvalue weighted by atomic mass is 9.83. The van der Waals surface area contributed by atoms with Crippen LogP contribution in [0.15, 0.2) is 88.5 Å². The average Bonchev–Trinajstić information content (AvgIpc) is 3.54. The summed E-state index contributed by atoms with van der Waals surface area (Å²) >= 11 is 2.02. The van der Waals surface area contributed by atoms with E-state index in [1.165, 1.54) is 77.2 Å². The smallest absolute Gasteiger partial charge is 0.0604 e. The maximum Gasteiger partial charge on any atom is 0.0604 e. The highest BCUT2D eigenvalue weighted by Gasteiger charge is 2.44. The Bertz CT molecular complexity index is 1580. The molecule has 7 aliphatic rings. The van der Waals surface area contributed by atoms with E-state index in [1.54, 1.807) is 21.7 Å². The summed E-state index contributed by atoms with van der Waals surface area (Å²) in [6.07, 6.45) is 42.0. The molecule has 3 unspecified atom stereocenters. The molecule has 198 valence electrons. The van der Waals surface area contributed by atoms with Gasteiger partial charge >= 0.3 is 0 Å². The van der Waals surface area contributed by atoms with Crippen LogP contribution in [0, 0.1) is 5.92 Å². The Kier molecular flexibility index (Phi) is 6.02. The van der Waals surface area contributed by atoms with Gasteiger partial charge in [0.2, 0.25) is 0 Å². The molecule has 0 spiro atoms. The molecule has 0 radical (unpaired) electrons. The van der Waals surface area contributed by atoms with Crippen molar-refractivity contribution >= 4 is 29.6 Å². The second-order valence-electron chi connectivity index (χ2n) is 12.1. The number of hydrogen-bond donors (Lipinski definition) is 1. The van der Waals surface area contributed by atoms with Crippen molar-refractivity contribution < 1.29 is 0 Å². The summed E-state index contributed by atoms with van der Waals surface area (Å²) in [4.78, 5) is 4.37. The van der Waals surface area contributed by atoms with E-state index in [9.17, 15) is 0 Å². The van der Waals surface area contributed by atoms with E-state index in [4.69, 9.17) is 0 Å². The first-order chi connectivity index (χ1) is 19.3. The fraction of sp³-hybridized carbons (Fsp3) is 0.389. The normalized spacial score (nSPS) is 28.7. The van der Waals surface area contributed by atoms with E-state index in [1.807, 2.05) is 11.3 Å². The molecular weight excluding hydrogens is 492 g/mol. The SMILES string of the molecule is C1=CCC2C(=C1)C1=C(NC3=Cc4c(sc5c4=CCCC=5)CC3)C=CCC1N2C1=CC=C(C2CC=CCC2)CC1. The Morgan fingerprint density at radius 1 is 0.821 bits per heavy atom. The molecular formula is C36H38N2S. The van der Waals surface area contributed by atoms with E-state index < -0.39 is 0 Å². The van der Waals surface area contributed by atoms with E-state index >= 15 is 0 Å². The van der Waals surface area contributed by atoms with Gasteiger partial charge in [-0.1, -0.05) is 60.3 Å². The number of likely N-dealkylation sites (tertiary alicyclic amines) is 1. The van der Waals surface area contributed by atoms with Gasteiger partial charge in [0, 0.05) is 32.1 Å². The minimum absolute atomic E-state index is 0.434. The van der Waals surface area contributed by atoms with E-state index in [0.29, 0.717) is 12.1 Å². The van der Waals surface area contributed by atoms with Gasteiger partial charge < -0.3 is 10.2 Å². The van der Waals surface area contributed by atoms with Gasteiger partial charge in [-0.05, 0) is 111 Å². The fourth-order valence-corrected chi connectivity index (χ4v) is 9.20. The minimum Gasteiger partial charge on any atom is -0.360 e. The summed E-state index contributed by atoms with van der Waals surface area (Å²) in [5, 5.41) is 5.47. The molecule has 1 aliphatic heterocycles. The first kappa shape index (κ1) is 23.8. The van der Waals surface area contributed by atoms with Crippen LogP contribution in [-0.2, 0) is 6.42 Å². The summed E-state index contributed by atoms with van der Waals surface area (Å²) in [5.74, 6) is 0.761. The lowest BCUT2D eigenvalue weighted by Gasteiger charge is -2.37. The lowest BCUT2D eigenvalue weighted by Crippen LogP contribution is -2.37. The molecule has 1 fully saturated rings. The third-order valence-electron chi connectivity index (χ3n) is 9.83. The number of hydrogen-bond acceptors (Lipinski definition) is 3. The van der Waals surface area contributed by atoms with Gasteiger partial charge in [-0.15, -0.1) is 11.3 Å². The quantitative estimate of drug-likeness (QED) is 0.418. The summed E-state index contributed by atoms with van der Waals surface area (Å²) in [6, 6.07) is 0.899. The van der Waals surface area contributed by atoms with E-state index in [0.717, 1.165) is 31.6 Å². The monoisotopic (exact) mass is 530 g/mol. The molecule has 0 aromatic carbocycles. The Labute approximate surface area is 236 Å². The van der Waals surface area contributed by atoms with Crippen LogP contribution < -0.4 is 15.1 Å². The van der Waals surface area contributed by atoms with Crippen LogP contribution in [0.4, 0.5) is 0 Å². The zero-order valence-corrected chi connectivity index (χ0v) is 23.6. The predicted octanol–water partition coefficient (Wildman–Crippen LogP) is 7.09. The molecule has 3 atom stereocenters. The molecule has 8 rings (SSSR count). The van der Waals surface area contributed by atoms with Crippen LogP contribution >= 0.6 is 11.3 Å². The number of nitrogens with zero attached hydrogens (tertiary/aromatic N) is 1. The van der Waals surface area contributed by atoms with Gasteiger partial charge in [0.1, 0.15) is 0 Å². The number of fused-ring (bicyclic) bond motifs is 6. The van der Waals surface area contributed by atoms with Gasteiger partial charge in [0.05, 0.1) is 12.1 Å². The van der Waals surface area contributed by atoms with Crippen LogP contribution in [-0.4, -0.2) is 17.0 Å². The highest BCUT2D eigenvalue weighted by Crippen LogP contribution is 2.47. The van der Waals surface area contributed by atoms with Crippen molar-refractivity contribution in [1.82, 2.24) is 10.2 Å². The molecule has 39 heavy (non-hydrogen) atoms. The van der Waals surface area contributed by atoms with Crippen molar-refractivity contribution in [2.24, 2.45) is 5.92 Å². The molecule has 2 nitrogen and oxygen atoms in total. The molecule has 0 bridgehead atoms. The Hall–Kier alpha value is -3.04. The average molecular weight is 531 g/mol. The third-order valence-corrected chi connectivity index (χ3v) is 11.1. The van der Waals surface area contributed by atoms with Crippen LogP contribution in [0.25, 0.3) is 18.2 Å².